The highest BCUT2D eigenvalue weighted by atomic mass is 19.4. The van der Waals surface area contributed by atoms with Gasteiger partial charge in [-0.25, -0.2) is 0 Å². The fourth-order valence-electron chi connectivity index (χ4n) is 3.19. The van der Waals surface area contributed by atoms with Crippen molar-refractivity contribution in [2.45, 2.75) is 38.4 Å². The van der Waals surface area contributed by atoms with Crippen LogP contribution in [0, 0.1) is 0 Å². The largest absolute Gasteiger partial charge is 0.403 e. The first kappa shape index (κ1) is 20.5. The third-order valence-electron chi connectivity index (χ3n) is 4.85. The molecule has 0 radical (unpaired) electrons. The van der Waals surface area contributed by atoms with E-state index in [9.17, 15) is 22.8 Å². The van der Waals surface area contributed by atoms with Crippen molar-refractivity contribution in [3.8, 4) is 0 Å². The summed E-state index contributed by atoms with van der Waals surface area (Å²) in [5.41, 5.74) is 0. The van der Waals surface area contributed by atoms with Crippen molar-refractivity contribution in [2.24, 2.45) is 4.99 Å². The smallest absolute Gasteiger partial charge is 0.354 e. The lowest BCUT2D eigenvalue weighted by molar-refractivity contribution is -0.181. The van der Waals surface area contributed by atoms with Crippen LogP contribution in [0.25, 0.3) is 0 Å². The molecule has 2 saturated heterocycles. The van der Waals surface area contributed by atoms with E-state index in [1.165, 1.54) is 16.7 Å². The standard InChI is InChI=1S/C16H26F3N5O2/c1-12(16(17,18)19)22-8-10-23(11-9-22)15(20-2)21-6-7-24-13(25)4-3-5-14(24)26/h12H,3-11H2,1-2H3,(H,20,21). The second-order valence-corrected chi connectivity index (χ2v) is 6.51. The summed E-state index contributed by atoms with van der Waals surface area (Å²) < 4.78 is 38.4. The van der Waals surface area contributed by atoms with Gasteiger partial charge in [-0.1, -0.05) is 0 Å². The number of hydrogen-bond donors (Lipinski definition) is 1. The number of guanidine groups is 1. The molecule has 1 atom stereocenters. The van der Waals surface area contributed by atoms with Gasteiger partial charge in [0.1, 0.15) is 6.04 Å². The Bertz CT molecular complexity index is 528. The quantitative estimate of drug-likeness (QED) is 0.443. The lowest BCUT2D eigenvalue weighted by atomic mass is 10.1. The maximum absolute atomic E-state index is 12.8. The molecule has 148 valence electrons. The van der Waals surface area contributed by atoms with E-state index in [1.54, 1.807) is 7.05 Å². The average molecular weight is 377 g/mol. The SMILES string of the molecule is CN=C(NCCN1C(=O)CCCC1=O)N1CCN(C(C)C(F)(F)F)CC1. The molecule has 2 amide bonds. The normalized spacial score (nSPS) is 22.0. The lowest BCUT2D eigenvalue weighted by Gasteiger charge is -2.39. The van der Waals surface area contributed by atoms with Crippen LogP contribution in [0.5, 0.6) is 0 Å². The van der Waals surface area contributed by atoms with Crippen LogP contribution < -0.4 is 5.32 Å². The monoisotopic (exact) mass is 377 g/mol. The van der Waals surface area contributed by atoms with Crippen molar-refractivity contribution >= 4 is 17.8 Å². The zero-order valence-electron chi connectivity index (χ0n) is 15.2. The Morgan fingerprint density at radius 2 is 1.73 bits per heavy atom. The Morgan fingerprint density at radius 3 is 2.23 bits per heavy atom. The zero-order chi connectivity index (χ0) is 19.3. The van der Waals surface area contributed by atoms with Crippen LogP contribution in [-0.2, 0) is 9.59 Å². The fourth-order valence-corrected chi connectivity index (χ4v) is 3.19. The molecular formula is C16H26F3N5O2. The molecule has 0 aromatic rings. The Kier molecular flexibility index (Phi) is 6.85. The van der Waals surface area contributed by atoms with Crippen LogP contribution in [0.4, 0.5) is 13.2 Å². The van der Waals surface area contributed by atoms with E-state index in [1.807, 2.05) is 4.90 Å². The van der Waals surface area contributed by atoms with E-state index in [-0.39, 0.29) is 18.4 Å². The van der Waals surface area contributed by atoms with Crippen molar-refractivity contribution in [1.29, 1.82) is 0 Å². The molecule has 2 aliphatic rings. The number of amides is 2. The van der Waals surface area contributed by atoms with Gasteiger partial charge in [0.15, 0.2) is 5.96 Å². The third kappa shape index (κ3) is 5.09. The van der Waals surface area contributed by atoms with Crippen molar-refractivity contribution in [3.05, 3.63) is 0 Å². The lowest BCUT2D eigenvalue weighted by Crippen LogP contribution is -2.57. The third-order valence-corrected chi connectivity index (χ3v) is 4.85. The number of alkyl halides is 3. The molecule has 0 bridgehead atoms. The number of aliphatic imine (C=N–C) groups is 1. The van der Waals surface area contributed by atoms with E-state index in [4.69, 9.17) is 0 Å². The van der Waals surface area contributed by atoms with Gasteiger partial charge in [-0.2, -0.15) is 13.2 Å². The van der Waals surface area contributed by atoms with Crippen LogP contribution in [-0.4, -0.2) is 91.0 Å². The molecule has 2 rings (SSSR count). The number of nitrogens with one attached hydrogen (secondary N) is 1. The minimum atomic E-state index is -4.23. The molecule has 2 fully saturated rings. The summed E-state index contributed by atoms with van der Waals surface area (Å²) >= 11 is 0. The van der Waals surface area contributed by atoms with Crippen LogP contribution in [0.15, 0.2) is 4.99 Å². The highest BCUT2D eigenvalue weighted by Gasteiger charge is 2.41. The Balaban J connectivity index is 1.79. The maximum atomic E-state index is 12.8. The minimum Gasteiger partial charge on any atom is -0.354 e. The van der Waals surface area contributed by atoms with Gasteiger partial charge in [0.25, 0.3) is 0 Å². The maximum Gasteiger partial charge on any atom is 0.403 e. The summed E-state index contributed by atoms with van der Waals surface area (Å²) in [6.45, 7) is 3.26. The second kappa shape index (κ2) is 8.70. The molecule has 2 heterocycles. The predicted octanol–water partition coefficient (Wildman–Crippen LogP) is 0.669. The Labute approximate surface area is 151 Å². The zero-order valence-corrected chi connectivity index (χ0v) is 15.2. The Hall–Kier alpha value is -1.84. The van der Waals surface area contributed by atoms with Crippen LogP contribution >= 0.6 is 0 Å². The number of halogens is 3. The number of carbonyl (C=O) groups excluding carboxylic acids is 2. The molecule has 0 saturated carbocycles. The molecule has 0 aromatic carbocycles. The molecular weight excluding hydrogens is 351 g/mol. The number of hydrogen-bond acceptors (Lipinski definition) is 4. The predicted molar refractivity (Wildman–Crippen MR) is 90.6 cm³/mol. The average Bonchev–Trinajstić information content (AvgIpc) is 2.60. The molecule has 0 aliphatic carbocycles. The van der Waals surface area contributed by atoms with Gasteiger partial charge in [0, 0.05) is 59.2 Å². The van der Waals surface area contributed by atoms with E-state index in [2.05, 4.69) is 10.3 Å². The van der Waals surface area contributed by atoms with Crippen molar-refractivity contribution < 1.29 is 22.8 Å². The topological polar surface area (TPSA) is 68.2 Å². The molecule has 10 heteroatoms. The van der Waals surface area contributed by atoms with Gasteiger partial charge in [-0.15, -0.1) is 0 Å². The molecule has 2 aliphatic heterocycles. The van der Waals surface area contributed by atoms with Gasteiger partial charge in [-0.3, -0.25) is 24.4 Å². The number of nitrogens with zero attached hydrogens (tertiary/aromatic N) is 4. The second-order valence-electron chi connectivity index (χ2n) is 6.51. The number of rotatable bonds is 4. The summed E-state index contributed by atoms with van der Waals surface area (Å²) in [7, 11) is 1.60. The summed E-state index contributed by atoms with van der Waals surface area (Å²) in [5, 5.41) is 3.09. The van der Waals surface area contributed by atoms with Crippen LogP contribution in [0.2, 0.25) is 0 Å². The van der Waals surface area contributed by atoms with Gasteiger partial charge in [-0.05, 0) is 13.3 Å². The van der Waals surface area contributed by atoms with E-state index in [0.717, 1.165) is 0 Å². The minimum absolute atomic E-state index is 0.159. The molecule has 0 spiro atoms. The molecule has 7 nitrogen and oxygen atoms in total. The van der Waals surface area contributed by atoms with E-state index in [0.29, 0.717) is 57.9 Å². The summed E-state index contributed by atoms with van der Waals surface area (Å²) in [6, 6.07) is -1.46. The van der Waals surface area contributed by atoms with Crippen molar-refractivity contribution in [3.63, 3.8) is 0 Å². The first-order chi connectivity index (χ1) is 12.2. The summed E-state index contributed by atoms with van der Waals surface area (Å²) in [6.07, 6.45) is -2.85. The molecule has 26 heavy (non-hydrogen) atoms. The van der Waals surface area contributed by atoms with Gasteiger partial charge < -0.3 is 10.2 Å². The Morgan fingerprint density at radius 1 is 1.15 bits per heavy atom. The van der Waals surface area contributed by atoms with E-state index < -0.39 is 12.2 Å². The van der Waals surface area contributed by atoms with Gasteiger partial charge in [0.2, 0.25) is 11.8 Å². The molecule has 1 N–H and O–H groups in total. The number of imide groups is 1. The van der Waals surface area contributed by atoms with Crippen molar-refractivity contribution in [2.75, 3.05) is 46.3 Å². The first-order valence-electron chi connectivity index (χ1n) is 8.83. The molecule has 1 unspecified atom stereocenters. The molecule has 0 aromatic heterocycles. The number of likely N-dealkylation sites (tertiary alicyclic amines) is 1. The van der Waals surface area contributed by atoms with Crippen LogP contribution in [0.3, 0.4) is 0 Å². The number of carbonyl (C=O) groups is 2. The van der Waals surface area contributed by atoms with Gasteiger partial charge in [0.05, 0.1) is 0 Å². The first-order valence-corrected chi connectivity index (χ1v) is 8.83. The van der Waals surface area contributed by atoms with Crippen molar-refractivity contribution in [1.82, 2.24) is 20.0 Å². The number of piperazine rings is 1. The fraction of sp³-hybridized carbons (Fsp3) is 0.812. The van der Waals surface area contributed by atoms with Crippen LogP contribution in [0.1, 0.15) is 26.2 Å². The number of piperidine rings is 1. The summed E-state index contributed by atoms with van der Waals surface area (Å²) in [4.78, 5) is 32.3. The highest BCUT2D eigenvalue weighted by molar-refractivity contribution is 5.97. The highest BCUT2D eigenvalue weighted by Crippen LogP contribution is 2.25. The van der Waals surface area contributed by atoms with Gasteiger partial charge >= 0.3 is 6.18 Å². The van der Waals surface area contributed by atoms with E-state index >= 15 is 0 Å². The summed E-state index contributed by atoms with van der Waals surface area (Å²) in [5.74, 6) is 0.252.